The summed E-state index contributed by atoms with van der Waals surface area (Å²) in [5.41, 5.74) is 8.47. The SMILES string of the molecule is COc1cc(C[C@H](N)C(=O)N(CC2CC(Br)=NO2)C(=O)OCc2ccccc2)ccc1OC(=O)OCc1ccccc1. The summed E-state index contributed by atoms with van der Waals surface area (Å²) in [6.07, 6.45) is -1.84. The van der Waals surface area contributed by atoms with E-state index in [0.717, 1.165) is 16.0 Å². The van der Waals surface area contributed by atoms with Gasteiger partial charge in [0.25, 0.3) is 0 Å². The van der Waals surface area contributed by atoms with Gasteiger partial charge in [0.1, 0.15) is 17.8 Å². The van der Waals surface area contributed by atoms with Gasteiger partial charge in [0.2, 0.25) is 5.91 Å². The van der Waals surface area contributed by atoms with Crippen molar-refractivity contribution in [2.24, 2.45) is 10.9 Å². The lowest BCUT2D eigenvalue weighted by Crippen LogP contribution is -2.50. The quantitative estimate of drug-likeness (QED) is 0.228. The normalized spacial score (nSPS) is 14.6. The molecule has 3 aromatic rings. The van der Waals surface area contributed by atoms with Gasteiger partial charge in [-0.15, -0.1) is 0 Å². The van der Waals surface area contributed by atoms with E-state index in [0.29, 0.717) is 16.6 Å². The van der Waals surface area contributed by atoms with Crippen molar-refractivity contribution in [2.45, 2.75) is 38.2 Å². The summed E-state index contributed by atoms with van der Waals surface area (Å²) in [6.45, 7) is -0.0624. The van der Waals surface area contributed by atoms with E-state index in [9.17, 15) is 14.4 Å². The van der Waals surface area contributed by atoms with Gasteiger partial charge in [-0.25, -0.2) is 14.5 Å². The molecule has 0 saturated carbocycles. The average molecular weight is 640 g/mol. The van der Waals surface area contributed by atoms with Crippen LogP contribution in [0.2, 0.25) is 0 Å². The minimum absolute atomic E-state index is 0.0170. The molecular weight excluding hydrogens is 610 g/mol. The van der Waals surface area contributed by atoms with Gasteiger partial charge in [0.15, 0.2) is 17.6 Å². The maximum Gasteiger partial charge on any atom is 0.514 e. The number of methoxy groups -OCH3 is 1. The maximum absolute atomic E-state index is 13.4. The fourth-order valence-corrected chi connectivity index (χ4v) is 4.49. The summed E-state index contributed by atoms with van der Waals surface area (Å²) >= 11 is 3.26. The van der Waals surface area contributed by atoms with Crippen LogP contribution >= 0.6 is 15.9 Å². The molecule has 0 radical (unpaired) electrons. The van der Waals surface area contributed by atoms with Gasteiger partial charge in [0, 0.05) is 6.42 Å². The molecule has 1 heterocycles. The summed E-state index contributed by atoms with van der Waals surface area (Å²) < 4.78 is 21.8. The van der Waals surface area contributed by atoms with Crippen LogP contribution in [-0.2, 0) is 38.7 Å². The number of oxime groups is 1. The van der Waals surface area contributed by atoms with Crippen molar-refractivity contribution >= 4 is 38.7 Å². The largest absolute Gasteiger partial charge is 0.514 e. The van der Waals surface area contributed by atoms with Crippen LogP contribution in [0.1, 0.15) is 23.1 Å². The van der Waals surface area contributed by atoms with E-state index in [2.05, 4.69) is 21.1 Å². The molecule has 0 saturated heterocycles. The fourth-order valence-electron chi connectivity index (χ4n) is 4.05. The number of amides is 2. The molecule has 1 aliphatic heterocycles. The van der Waals surface area contributed by atoms with E-state index in [1.165, 1.54) is 13.2 Å². The van der Waals surface area contributed by atoms with Gasteiger partial charge < -0.3 is 29.5 Å². The van der Waals surface area contributed by atoms with Crippen LogP contribution in [-0.4, -0.2) is 53.5 Å². The summed E-state index contributed by atoms with van der Waals surface area (Å²) in [4.78, 5) is 44.9. The summed E-state index contributed by atoms with van der Waals surface area (Å²) in [5.74, 6) is -0.276. The zero-order chi connectivity index (χ0) is 29.9. The number of benzene rings is 3. The number of nitrogens with zero attached hydrogens (tertiary/aromatic N) is 2. The molecule has 3 aromatic carbocycles. The molecule has 0 aromatic heterocycles. The second-order valence-electron chi connectivity index (χ2n) is 9.31. The fraction of sp³-hybridized carbons (Fsp3) is 0.267. The smallest absolute Gasteiger partial charge is 0.493 e. The molecular formula is C30H30BrN3O8. The molecule has 11 nitrogen and oxygen atoms in total. The first-order chi connectivity index (χ1) is 20.3. The van der Waals surface area contributed by atoms with Crippen LogP contribution in [0.5, 0.6) is 11.5 Å². The average Bonchev–Trinajstić information content (AvgIpc) is 3.43. The lowest BCUT2D eigenvalue weighted by atomic mass is 10.0. The van der Waals surface area contributed by atoms with Gasteiger partial charge in [-0.3, -0.25) is 4.79 Å². The molecule has 2 N–H and O–H groups in total. The Kier molecular flexibility index (Phi) is 10.9. The summed E-state index contributed by atoms with van der Waals surface area (Å²) in [6, 6.07) is 21.9. The second kappa shape index (κ2) is 15.0. The van der Waals surface area contributed by atoms with E-state index in [1.54, 1.807) is 24.3 Å². The molecule has 2 amide bonds. The van der Waals surface area contributed by atoms with E-state index >= 15 is 0 Å². The van der Waals surface area contributed by atoms with Crippen LogP contribution < -0.4 is 15.2 Å². The molecule has 2 atom stereocenters. The maximum atomic E-state index is 13.4. The van der Waals surface area contributed by atoms with Crippen molar-refractivity contribution in [1.82, 2.24) is 4.90 Å². The Morgan fingerprint density at radius 2 is 1.60 bits per heavy atom. The van der Waals surface area contributed by atoms with Crippen LogP contribution in [0.25, 0.3) is 0 Å². The molecule has 220 valence electrons. The number of ether oxygens (including phenoxy) is 4. The summed E-state index contributed by atoms with van der Waals surface area (Å²) in [7, 11) is 1.42. The van der Waals surface area contributed by atoms with Gasteiger partial charge in [-0.2, -0.15) is 0 Å². The van der Waals surface area contributed by atoms with E-state index in [4.69, 9.17) is 29.5 Å². The third-order valence-electron chi connectivity index (χ3n) is 6.17. The van der Waals surface area contributed by atoms with Gasteiger partial charge >= 0.3 is 12.2 Å². The Hall–Kier alpha value is -4.42. The molecule has 0 spiro atoms. The highest BCUT2D eigenvalue weighted by atomic mass is 79.9. The zero-order valence-electron chi connectivity index (χ0n) is 22.8. The van der Waals surface area contributed by atoms with E-state index in [1.807, 2.05) is 48.5 Å². The molecule has 0 fully saturated rings. The highest BCUT2D eigenvalue weighted by Gasteiger charge is 2.33. The van der Waals surface area contributed by atoms with E-state index < -0.39 is 30.3 Å². The van der Waals surface area contributed by atoms with Crippen molar-refractivity contribution in [3.05, 3.63) is 95.6 Å². The predicted octanol–water partition coefficient (Wildman–Crippen LogP) is 4.94. The molecule has 0 aliphatic carbocycles. The number of hydrogen-bond acceptors (Lipinski definition) is 10. The number of hydrogen-bond donors (Lipinski definition) is 1. The molecule has 42 heavy (non-hydrogen) atoms. The minimum Gasteiger partial charge on any atom is -0.493 e. The number of imide groups is 1. The second-order valence-corrected chi connectivity index (χ2v) is 10.2. The third kappa shape index (κ3) is 8.79. The number of rotatable bonds is 11. The lowest BCUT2D eigenvalue weighted by Gasteiger charge is -2.25. The highest BCUT2D eigenvalue weighted by molar-refractivity contribution is 9.18. The monoisotopic (exact) mass is 639 g/mol. The molecule has 0 bridgehead atoms. The topological polar surface area (TPSA) is 139 Å². The van der Waals surface area contributed by atoms with Crippen molar-refractivity contribution in [3.63, 3.8) is 0 Å². The number of halogens is 1. The van der Waals surface area contributed by atoms with Crippen LogP contribution in [0.3, 0.4) is 0 Å². The van der Waals surface area contributed by atoms with Crippen molar-refractivity contribution in [3.8, 4) is 11.5 Å². The predicted molar refractivity (Wildman–Crippen MR) is 156 cm³/mol. The lowest BCUT2D eigenvalue weighted by molar-refractivity contribution is -0.132. The highest BCUT2D eigenvalue weighted by Crippen LogP contribution is 2.29. The zero-order valence-corrected chi connectivity index (χ0v) is 24.4. The van der Waals surface area contributed by atoms with Crippen LogP contribution in [0.15, 0.2) is 84.0 Å². The standard InChI is InChI=1S/C30H30BrN3O8/c1-38-26-15-22(12-13-25(26)41-30(37)40-19-21-10-6-3-7-11-21)14-24(32)28(35)34(17-23-16-27(31)33-42-23)29(36)39-18-20-8-4-2-5-9-20/h2-13,15,23-24H,14,16-19,32H2,1H3/t23?,24-/m0/s1. The van der Waals surface area contributed by atoms with Crippen LogP contribution in [0, 0.1) is 0 Å². The first kappa shape index (κ1) is 30.5. The van der Waals surface area contributed by atoms with E-state index in [-0.39, 0.29) is 37.7 Å². The van der Waals surface area contributed by atoms with Crippen molar-refractivity contribution < 1.29 is 38.2 Å². The Bertz CT molecular complexity index is 1400. The number of carbonyl (C=O) groups is 3. The molecule has 1 unspecified atom stereocenters. The minimum atomic E-state index is -1.10. The number of nitrogens with two attached hydrogens (primary N) is 1. The Morgan fingerprint density at radius 3 is 2.19 bits per heavy atom. The number of carbonyl (C=O) groups excluding carboxylic acids is 3. The van der Waals surface area contributed by atoms with Gasteiger partial charge in [0.05, 0.1) is 19.7 Å². The van der Waals surface area contributed by atoms with Crippen molar-refractivity contribution in [2.75, 3.05) is 13.7 Å². The van der Waals surface area contributed by atoms with Gasteiger partial charge in [-0.05, 0) is 51.2 Å². The Balaban J connectivity index is 1.39. The summed E-state index contributed by atoms with van der Waals surface area (Å²) in [5, 5.41) is 3.82. The molecule has 4 rings (SSSR count). The first-order valence-corrected chi connectivity index (χ1v) is 13.8. The van der Waals surface area contributed by atoms with Crippen LogP contribution in [0.4, 0.5) is 9.59 Å². The molecule has 1 aliphatic rings. The Labute approximate surface area is 251 Å². The first-order valence-electron chi connectivity index (χ1n) is 13.0. The van der Waals surface area contributed by atoms with Gasteiger partial charge in [-0.1, -0.05) is 71.9 Å². The third-order valence-corrected chi connectivity index (χ3v) is 6.64. The van der Waals surface area contributed by atoms with Crippen molar-refractivity contribution in [1.29, 1.82) is 0 Å². The molecule has 12 heteroatoms. The Morgan fingerprint density at radius 1 is 0.952 bits per heavy atom.